The summed E-state index contributed by atoms with van der Waals surface area (Å²) in [5.41, 5.74) is 2.10. The number of nitrogens with zero attached hydrogens (tertiary/aromatic N) is 4. The predicted octanol–water partition coefficient (Wildman–Crippen LogP) is 4.91. The molecule has 0 saturated carbocycles. The molecule has 0 spiro atoms. The zero-order chi connectivity index (χ0) is 24.1. The van der Waals surface area contributed by atoms with Crippen LogP contribution in [0.4, 0.5) is 5.82 Å². The number of halogens is 2. The number of anilines is 1. The van der Waals surface area contributed by atoms with Gasteiger partial charge in [0.25, 0.3) is 5.91 Å². The molecule has 0 fully saturated rings. The second kappa shape index (κ2) is 10.7. The number of ether oxygens (including phenoxy) is 1. The van der Waals surface area contributed by atoms with Crippen molar-refractivity contribution in [3.05, 3.63) is 69.6 Å². The molecule has 1 N–H and O–H groups in total. The molecular weight excluding hydrogens is 465 g/mol. The summed E-state index contributed by atoms with van der Waals surface area (Å²) in [6.07, 6.45) is 3.33. The second-order valence-corrected chi connectivity index (χ2v) is 8.46. The van der Waals surface area contributed by atoms with Crippen molar-refractivity contribution in [2.75, 3.05) is 5.32 Å². The first kappa shape index (κ1) is 24.5. The highest BCUT2D eigenvalue weighted by atomic mass is 35.5. The fourth-order valence-corrected chi connectivity index (χ4v) is 3.61. The molecule has 0 bridgehead atoms. The molecule has 3 aromatic rings. The molecule has 1 aromatic carbocycles. The number of amides is 1. The van der Waals surface area contributed by atoms with Gasteiger partial charge in [-0.25, -0.2) is 14.2 Å². The molecule has 174 valence electrons. The number of rotatable bonds is 8. The van der Waals surface area contributed by atoms with Gasteiger partial charge in [-0.3, -0.25) is 4.79 Å². The molecule has 0 radical (unpaired) electrons. The monoisotopic (exact) mass is 489 g/mol. The van der Waals surface area contributed by atoms with Gasteiger partial charge in [0.1, 0.15) is 11.0 Å². The Labute approximate surface area is 202 Å². The lowest BCUT2D eigenvalue weighted by atomic mass is 10.2. The fraction of sp³-hybridized carbons (Fsp3) is 0.304. The Morgan fingerprint density at radius 1 is 1.18 bits per heavy atom. The van der Waals surface area contributed by atoms with Gasteiger partial charge >= 0.3 is 5.97 Å². The molecule has 10 heteroatoms. The Bertz CT molecular complexity index is 1180. The maximum atomic E-state index is 12.4. The molecule has 0 aliphatic carbocycles. The van der Waals surface area contributed by atoms with E-state index in [1.54, 1.807) is 34.6 Å². The van der Waals surface area contributed by atoms with Crippen LogP contribution in [-0.2, 0) is 20.9 Å². The minimum absolute atomic E-state index is 0.0721. The summed E-state index contributed by atoms with van der Waals surface area (Å²) in [6.45, 7) is 7.56. The standard InChI is InChI=1S/C23H25Cl2N5O3/c1-14(2)30-20(11-12-26-30)27-23(32)16(4)33-21(31)10-9-18-15(3)28-29(22(18)25)13-17-7-5-6-8-19(17)24/h5-12,14,16H,13H2,1-4H3,(H,27,32)/b10-9+. The summed E-state index contributed by atoms with van der Waals surface area (Å²) in [6, 6.07) is 9.17. The third kappa shape index (κ3) is 6.03. The van der Waals surface area contributed by atoms with E-state index < -0.39 is 18.0 Å². The number of esters is 1. The van der Waals surface area contributed by atoms with Crippen molar-refractivity contribution < 1.29 is 14.3 Å². The normalized spacial score (nSPS) is 12.3. The summed E-state index contributed by atoms with van der Waals surface area (Å²) in [7, 11) is 0. The van der Waals surface area contributed by atoms with Crippen LogP contribution < -0.4 is 5.32 Å². The van der Waals surface area contributed by atoms with Crippen LogP contribution in [0, 0.1) is 6.92 Å². The minimum atomic E-state index is -1.00. The molecule has 1 unspecified atom stereocenters. The minimum Gasteiger partial charge on any atom is -0.449 e. The van der Waals surface area contributed by atoms with Crippen LogP contribution in [0.2, 0.25) is 10.2 Å². The number of aryl methyl sites for hydroxylation is 1. The summed E-state index contributed by atoms with van der Waals surface area (Å²) in [5, 5.41) is 12.3. The molecule has 8 nitrogen and oxygen atoms in total. The zero-order valence-corrected chi connectivity index (χ0v) is 20.3. The van der Waals surface area contributed by atoms with Crippen molar-refractivity contribution in [3.8, 4) is 0 Å². The third-order valence-electron chi connectivity index (χ3n) is 4.85. The molecule has 33 heavy (non-hydrogen) atoms. The number of carbonyl (C=O) groups is 2. The molecule has 0 aliphatic rings. The van der Waals surface area contributed by atoms with Gasteiger partial charge in [0.15, 0.2) is 6.10 Å². The topological polar surface area (TPSA) is 91.0 Å². The van der Waals surface area contributed by atoms with E-state index in [0.29, 0.717) is 33.8 Å². The lowest BCUT2D eigenvalue weighted by Gasteiger charge is -2.15. The van der Waals surface area contributed by atoms with E-state index in [1.165, 1.54) is 19.1 Å². The zero-order valence-electron chi connectivity index (χ0n) is 18.8. The van der Waals surface area contributed by atoms with Crippen molar-refractivity contribution in [1.29, 1.82) is 0 Å². The molecule has 1 atom stereocenters. The van der Waals surface area contributed by atoms with Gasteiger partial charge in [0.05, 0.1) is 18.4 Å². The molecular formula is C23H25Cl2N5O3. The van der Waals surface area contributed by atoms with Crippen LogP contribution in [0.5, 0.6) is 0 Å². The van der Waals surface area contributed by atoms with E-state index in [0.717, 1.165) is 5.56 Å². The average molecular weight is 490 g/mol. The smallest absolute Gasteiger partial charge is 0.331 e. The molecule has 3 rings (SSSR count). The predicted molar refractivity (Wildman–Crippen MR) is 128 cm³/mol. The summed E-state index contributed by atoms with van der Waals surface area (Å²) in [5.74, 6) is -0.605. The van der Waals surface area contributed by atoms with Crippen molar-refractivity contribution in [3.63, 3.8) is 0 Å². The van der Waals surface area contributed by atoms with E-state index in [4.69, 9.17) is 27.9 Å². The highest BCUT2D eigenvalue weighted by molar-refractivity contribution is 6.32. The van der Waals surface area contributed by atoms with Gasteiger partial charge < -0.3 is 10.1 Å². The van der Waals surface area contributed by atoms with Crippen LogP contribution in [0.15, 0.2) is 42.6 Å². The Balaban J connectivity index is 1.63. The molecule has 1 amide bonds. The molecule has 0 aliphatic heterocycles. The second-order valence-electron chi connectivity index (χ2n) is 7.70. The molecule has 0 saturated heterocycles. The first-order valence-corrected chi connectivity index (χ1v) is 11.1. The number of hydrogen-bond acceptors (Lipinski definition) is 5. The van der Waals surface area contributed by atoms with Gasteiger partial charge in [0.2, 0.25) is 0 Å². The van der Waals surface area contributed by atoms with Crippen LogP contribution in [0.3, 0.4) is 0 Å². The van der Waals surface area contributed by atoms with Crippen molar-refractivity contribution >= 4 is 47.0 Å². The van der Waals surface area contributed by atoms with Crippen molar-refractivity contribution in [2.45, 2.75) is 46.4 Å². The van der Waals surface area contributed by atoms with E-state index in [9.17, 15) is 9.59 Å². The van der Waals surface area contributed by atoms with Crippen molar-refractivity contribution in [2.24, 2.45) is 0 Å². The van der Waals surface area contributed by atoms with Crippen LogP contribution in [0.25, 0.3) is 6.08 Å². The first-order valence-electron chi connectivity index (χ1n) is 10.4. The molecule has 2 heterocycles. The number of benzene rings is 1. The van der Waals surface area contributed by atoms with Crippen LogP contribution in [-0.4, -0.2) is 37.5 Å². The molecule has 2 aromatic heterocycles. The maximum Gasteiger partial charge on any atom is 0.331 e. The van der Waals surface area contributed by atoms with Crippen molar-refractivity contribution in [1.82, 2.24) is 19.6 Å². The van der Waals surface area contributed by atoms with E-state index >= 15 is 0 Å². The van der Waals surface area contributed by atoms with Crippen LogP contribution in [0.1, 0.15) is 43.6 Å². The Morgan fingerprint density at radius 3 is 2.61 bits per heavy atom. The lowest BCUT2D eigenvalue weighted by Crippen LogP contribution is -2.30. The average Bonchev–Trinajstić information content (AvgIpc) is 3.32. The van der Waals surface area contributed by atoms with Gasteiger partial charge in [0, 0.05) is 28.8 Å². The van der Waals surface area contributed by atoms with Gasteiger partial charge in [-0.05, 0) is 45.4 Å². The largest absolute Gasteiger partial charge is 0.449 e. The quantitative estimate of drug-likeness (QED) is 0.358. The van der Waals surface area contributed by atoms with E-state index in [1.807, 2.05) is 32.0 Å². The first-order chi connectivity index (χ1) is 15.7. The number of aromatic nitrogens is 4. The summed E-state index contributed by atoms with van der Waals surface area (Å²) < 4.78 is 8.50. The van der Waals surface area contributed by atoms with E-state index in [2.05, 4.69) is 15.5 Å². The summed E-state index contributed by atoms with van der Waals surface area (Å²) >= 11 is 12.7. The lowest BCUT2D eigenvalue weighted by molar-refractivity contribution is -0.148. The van der Waals surface area contributed by atoms with Gasteiger partial charge in [-0.15, -0.1) is 0 Å². The summed E-state index contributed by atoms with van der Waals surface area (Å²) in [4.78, 5) is 24.7. The SMILES string of the molecule is Cc1nn(Cc2ccccc2Cl)c(Cl)c1/C=C/C(=O)OC(C)C(=O)Nc1ccnn1C(C)C. The third-order valence-corrected chi connectivity index (χ3v) is 5.61. The Kier molecular flexibility index (Phi) is 7.94. The van der Waals surface area contributed by atoms with E-state index in [-0.39, 0.29) is 6.04 Å². The number of nitrogens with one attached hydrogen (secondary N) is 1. The van der Waals surface area contributed by atoms with Gasteiger partial charge in [-0.2, -0.15) is 10.2 Å². The highest BCUT2D eigenvalue weighted by Gasteiger charge is 2.19. The number of carbonyl (C=O) groups excluding carboxylic acids is 2. The highest BCUT2D eigenvalue weighted by Crippen LogP contribution is 2.24. The number of hydrogen-bond donors (Lipinski definition) is 1. The van der Waals surface area contributed by atoms with Gasteiger partial charge in [-0.1, -0.05) is 41.4 Å². The fourth-order valence-electron chi connectivity index (χ4n) is 3.12. The van der Waals surface area contributed by atoms with Crippen LogP contribution >= 0.6 is 23.2 Å². The Hall–Kier alpha value is -3.10. The Morgan fingerprint density at radius 2 is 1.91 bits per heavy atom. The maximum absolute atomic E-state index is 12.4.